The third-order valence-corrected chi connectivity index (χ3v) is 3.41. The highest BCUT2D eigenvalue weighted by atomic mass is 35.5. The molecule has 126 valence electrons. The minimum atomic E-state index is -1.06. The summed E-state index contributed by atoms with van der Waals surface area (Å²) in [5.74, 6) is -1.06. The lowest BCUT2D eigenvalue weighted by Crippen LogP contribution is -2.30. The molecule has 0 aliphatic rings. The first-order chi connectivity index (χ1) is 11.4. The molecule has 0 bridgehead atoms. The molecule has 0 aromatic heterocycles. The second kappa shape index (κ2) is 7.70. The van der Waals surface area contributed by atoms with E-state index < -0.39 is 18.0 Å². The largest absolute Gasteiger partial charge is 0.507 e. The Bertz CT molecular complexity index is 762. The number of benzene rings is 2. The number of carbonyl (C=O) groups excluding carboxylic acids is 2. The van der Waals surface area contributed by atoms with Gasteiger partial charge in [0, 0.05) is 16.8 Å². The van der Waals surface area contributed by atoms with Gasteiger partial charge in [0.15, 0.2) is 6.10 Å². The molecule has 1 amide bonds. The number of esters is 1. The zero-order valence-corrected chi connectivity index (χ0v) is 13.8. The number of aromatic hydroxyl groups is 1. The van der Waals surface area contributed by atoms with Gasteiger partial charge in [-0.25, -0.2) is 4.79 Å². The number of halogens is 1. The number of amides is 1. The van der Waals surface area contributed by atoms with E-state index >= 15 is 0 Å². The molecule has 0 saturated carbocycles. The highest BCUT2D eigenvalue weighted by molar-refractivity contribution is 6.30. The average molecular weight is 350 g/mol. The van der Waals surface area contributed by atoms with Crippen molar-refractivity contribution in [3.05, 3.63) is 53.1 Å². The summed E-state index contributed by atoms with van der Waals surface area (Å²) >= 11 is 5.71. The van der Waals surface area contributed by atoms with Crippen LogP contribution in [-0.2, 0) is 9.53 Å². The SMILES string of the molecule is COc1cccc(NC(=O)[C@@H](C)OC(=O)c2ccc(Cl)cc2O)c1. The Morgan fingerprint density at radius 3 is 2.62 bits per heavy atom. The van der Waals surface area contributed by atoms with Crippen molar-refractivity contribution in [1.29, 1.82) is 0 Å². The molecular formula is C17H16ClNO5. The molecule has 0 spiro atoms. The molecule has 0 unspecified atom stereocenters. The number of hydrogen-bond acceptors (Lipinski definition) is 5. The van der Waals surface area contributed by atoms with E-state index in [-0.39, 0.29) is 16.3 Å². The molecule has 1 atom stereocenters. The second-order valence-corrected chi connectivity index (χ2v) is 5.37. The highest BCUT2D eigenvalue weighted by Crippen LogP contribution is 2.23. The van der Waals surface area contributed by atoms with Crippen LogP contribution >= 0.6 is 11.6 Å². The van der Waals surface area contributed by atoms with Crippen LogP contribution in [0.3, 0.4) is 0 Å². The number of anilines is 1. The standard InChI is InChI=1S/C17H16ClNO5/c1-10(16(21)19-12-4-3-5-13(9-12)23-2)24-17(22)14-7-6-11(18)8-15(14)20/h3-10,20H,1-2H3,(H,19,21)/t10-/m1/s1. The molecule has 2 aromatic rings. The van der Waals surface area contributed by atoms with E-state index in [4.69, 9.17) is 21.1 Å². The minimum absolute atomic E-state index is 0.0690. The molecule has 7 heteroatoms. The summed E-state index contributed by atoms with van der Waals surface area (Å²) in [7, 11) is 1.52. The summed E-state index contributed by atoms with van der Waals surface area (Å²) in [6, 6.07) is 10.8. The van der Waals surface area contributed by atoms with Crippen LogP contribution < -0.4 is 10.1 Å². The van der Waals surface area contributed by atoms with Crippen LogP contribution in [-0.4, -0.2) is 30.2 Å². The van der Waals surface area contributed by atoms with Gasteiger partial charge in [0.2, 0.25) is 0 Å². The quantitative estimate of drug-likeness (QED) is 0.809. The van der Waals surface area contributed by atoms with Crippen molar-refractivity contribution >= 4 is 29.2 Å². The monoisotopic (exact) mass is 349 g/mol. The maximum Gasteiger partial charge on any atom is 0.342 e. The molecule has 0 saturated heterocycles. The fourth-order valence-electron chi connectivity index (χ4n) is 1.90. The third-order valence-electron chi connectivity index (χ3n) is 3.17. The van der Waals surface area contributed by atoms with E-state index in [2.05, 4.69) is 5.32 Å². The van der Waals surface area contributed by atoms with Crippen LogP contribution in [0.15, 0.2) is 42.5 Å². The van der Waals surface area contributed by atoms with E-state index in [1.165, 1.54) is 32.2 Å². The van der Waals surface area contributed by atoms with Crippen molar-refractivity contribution in [2.75, 3.05) is 12.4 Å². The number of rotatable bonds is 5. The maximum atomic E-state index is 12.1. The van der Waals surface area contributed by atoms with Gasteiger partial charge < -0.3 is 19.9 Å². The molecule has 2 rings (SSSR count). The summed E-state index contributed by atoms with van der Waals surface area (Å²) in [5.41, 5.74) is 0.442. The number of phenols is 1. The summed E-state index contributed by atoms with van der Waals surface area (Å²) in [6.45, 7) is 1.43. The summed E-state index contributed by atoms with van der Waals surface area (Å²) in [5, 5.41) is 12.6. The summed E-state index contributed by atoms with van der Waals surface area (Å²) < 4.78 is 10.1. The Balaban J connectivity index is 2.01. The van der Waals surface area contributed by atoms with E-state index in [0.29, 0.717) is 11.4 Å². The summed E-state index contributed by atoms with van der Waals surface area (Å²) in [4.78, 5) is 24.1. The highest BCUT2D eigenvalue weighted by Gasteiger charge is 2.21. The van der Waals surface area contributed by atoms with Crippen molar-refractivity contribution in [3.63, 3.8) is 0 Å². The predicted octanol–water partition coefficient (Wildman–Crippen LogP) is 3.24. The number of phenolic OH excluding ortho intramolecular Hbond substituents is 1. The smallest absolute Gasteiger partial charge is 0.342 e. The Labute approximate surface area is 144 Å². The van der Waals surface area contributed by atoms with Gasteiger partial charge in [0.1, 0.15) is 17.1 Å². The van der Waals surface area contributed by atoms with Gasteiger partial charge in [-0.2, -0.15) is 0 Å². The lowest BCUT2D eigenvalue weighted by atomic mass is 10.2. The van der Waals surface area contributed by atoms with Crippen LogP contribution in [0.1, 0.15) is 17.3 Å². The molecule has 0 heterocycles. The topological polar surface area (TPSA) is 84.9 Å². The molecule has 0 fully saturated rings. The Hall–Kier alpha value is -2.73. The lowest BCUT2D eigenvalue weighted by molar-refractivity contribution is -0.123. The van der Waals surface area contributed by atoms with E-state index in [1.807, 2.05) is 0 Å². The third kappa shape index (κ3) is 4.39. The maximum absolute atomic E-state index is 12.1. The second-order valence-electron chi connectivity index (χ2n) is 4.93. The van der Waals surface area contributed by atoms with Crippen LogP contribution in [0, 0.1) is 0 Å². The lowest BCUT2D eigenvalue weighted by Gasteiger charge is -2.14. The van der Waals surface area contributed by atoms with Crippen molar-refractivity contribution < 1.29 is 24.2 Å². The molecule has 0 aliphatic heterocycles. The number of carbonyl (C=O) groups is 2. The van der Waals surface area contributed by atoms with Crippen molar-refractivity contribution in [3.8, 4) is 11.5 Å². The van der Waals surface area contributed by atoms with Crippen molar-refractivity contribution in [2.45, 2.75) is 13.0 Å². The first kappa shape index (κ1) is 17.6. The molecule has 0 radical (unpaired) electrons. The molecule has 0 aliphatic carbocycles. The zero-order chi connectivity index (χ0) is 17.7. The van der Waals surface area contributed by atoms with Crippen molar-refractivity contribution in [1.82, 2.24) is 0 Å². The van der Waals surface area contributed by atoms with E-state index in [0.717, 1.165) is 0 Å². The minimum Gasteiger partial charge on any atom is -0.507 e. The number of hydrogen-bond donors (Lipinski definition) is 2. The Morgan fingerprint density at radius 1 is 1.21 bits per heavy atom. The zero-order valence-electron chi connectivity index (χ0n) is 13.1. The van der Waals surface area contributed by atoms with Crippen LogP contribution in [0.4, 0.5) is 5.69 Å². The van der Waals surface area contributed by atoms with Crippen LogP contribution in [0.5, 0.6) is 11.5 Å². The number of ether oxygens (including phenoxy) is 2. The van der Waals surface area contributed by atoms with Gasteiger partial charge >= 0.3 is 5.97 Å². The first-order valence-electron chi connectivity index (χ1n) is 7.05. The summed E-state index contributed by atoms with van der Waals surface area (Å²) in [6.07, 6.45) is -1.06. The normalized spacial score (nSPS) is 11.5. The fraction of sp³-hybridized carbons (Fsp3) is 0.176. The molecular weight excluding hydrogens is 334 g/mol. The van der Waals surface area contributed by atoms with Gasteiger partial charge in [-0.05, 0) is 37.3 Å². The van der Waals surface area contributed by atoms with E-state index in [9.17, 15) is 14.7 Å². The average Bonchev–Trinajstić information content (AvgIpc) is 2.54. The van der Waals surface area contributed by atoms with Gasteiger partial charge in [-0.3, -0.25) is 4.79 Å². The molecule has 2 N–H and O–H groups in total. The van der Waals surface area contributed by atoms with Gasteiger partial charge in [-0.15, -0.1) is 0 Å². The number of methoxy groups -OCH3 is 1. The predicted molar refractivity (Wildman–Crippen MR) is 89.6 cm³/mol. The van der Waals surface area contributed by atoms with Crippen LogP contribution in [0.2, 0.25) is 5.02 Å². The van der Waals surface area contributed by atoms with Crippen LogP contribution in [0.25, 0.3) is 0 Å². The van der Waals surface area contributed by atoms with Gasteiger partial charge in [0.05, 0.1) is 7.11 Å². The fourth-order valence-corrected chi connectivity index (χ4v) is 2.07. The molecule has 6 nitrogen and oxygen atoms in total. The van der Waals surface area contributed by atoms with Gasteiger partial charge in [0.25, 0.3) is 5.91 Å². The van der Waals surface area contributed by atoms with Crippen molar-refractivity contribution in [2.24, 2.45) is 0 Å². The first-order valence-corrected chi connectivity index (χ1v) is 7.43. The molecule has 24 heavy (non-hydrogen) atoms. The number of nitrogens with one attached hydrogen (secondary N) is 1. The van der Waals surface area contributed by atoms with E-state index in [1.54, 1.807) is 24.3 Å². The van der Waals surface area contributed by atoms with Gasteiger partial charge in [-0.1, -0.05) is 17.7 Å². The Kier molecular flexibility index (Phi) is 5.65. The Morgan fingerprint density at radius 2 is 1.96 bits per heavy atom. The molecule has 2 aromatic carbocycles.